The highest BCUT2D eigenvalue weighted by molar-refractivity contribution is 7.10. The molecule has 84 valence electrons. The Hall–Kier alpha value is -1.64. The minimum absolute atomic E-state index is 0.0268. The second-order valence-corrected chi connectivity index (χ2v) is 5.04. The van der Waals surface area contributed by atoms with E-state index in [-0.39, 0.29) is 6.04 Å². The molecule has 3 aromatic rings. The first-order valence-corrected chi connectivity index (χ1v) is 6.51. The fourth-order valence-electron chi connectivity index (χ4n) is 2.14. The molecule has 0 aliphatic carbocycles. The van der Waals surface area contributed by atoms with Gasteiger partial charge in [-0.15, -0.1) is 11.3 Å². The van der Waals surface area contributed by atoms with E-state index >= 15 is 0 Å². The lowest BCUT2D eigenvalue weighted by molar-refractivity contribution is 0.903. The maximum Gasteiger partial charge on any atom is 0.0652 e. The molecule has 0 radical (unpaired) electrons. The van der Waals surface area contributed by atoms with Gasteiger partial charge in [0.25, 0.3) is 0 Å². The summed E-state index contributed by atoms with van der Waals surface area (Å²) in [5.74, 6) is 0. The van der Waals surface area contributed by atoms with Crippen molar-refractivity contribution in [3.63, 3.8) is 0 Å². The van der Waals surface area contributed by atoms with Crippen LogP contribution in [0.2, 0.25) is 0 Å². The van der Waals surface area contributed by atoms with E-state index in [4.69, 9.17) is 5.73 Å². The fourth-order valence-corrected chi connectivity index (χ4v) is 2.89. The Kier molecular flexibility index (Phi) is 2.67. The van der Waals surface area contributed by atoms with Gasteiger partial charge in [0.15, 0.2) is 0 Å². The third-order valence-electron chi connectivity index (χ3n) is 3.01. The third-order valence-corrected chi connectivity index (χ3v) is 3.96. The van der Waals surface area contributed by atoms with Gasteiger partial charge in [0, 0.05) is 4.88 Å². The van der Waals surface area contributed by atoms with E-state index < -0.39 is 0 Å². The molecule has 3 rings (SSSR count). The lowest BCUT2D eigenvalue weighted by atomic mass is 9.98. The number of rotatable bonds is 2. The zero-order valence-corrected chi connectivity index (χ0v) is 10.2. The van der Waals surface area contributed by atoms with Crippen LogP contribution in [0.15, 0.2) is 60.0 Å². The molecule has 17 heavy (non-hydrogen) atoms. The highest BCUT2D eigenvalue weighted by Gasteiger charge is 2.12. The monoisotopic (exact) mass is 239 g/mol. The molecule has 0 fully saturated rings. The Bertz CT molecular complexity index is 623. The van der Waals surface area contributed by atoms with Crippen molar-refractivity contribution >= 4 is 22.1 Å². The number of thiophene rings is 1. The highest BCUT2D eigenvalue weighted by Crippen LogP contribution is 2.29. The van der Waals surface area contributed by atoms with Gasteiger partial charge in [0.05, 0.1) is 6.04 Å². The summed E-state index contributed by atoms with van der Waals surface area (Å²) in [5, 5.41) is 4.56. The predicted molar refractivity (Wildman–Crippen MR) is 74.3 cm³/mol. The highest BCUT2D eigenvalue weighted by atomic mass is 32.1. The summed E-state index contributed by atoms with van der Waals surface area (Å²) >= 11 is 1.71. The van der Waals surface area contributed by atoms with Crippen molar-refractivity contribution in [2.24, 2.45) is 5.73 Å². The quantitative estimate of drug-likeness (QED) is 0.720. The Morgan fingerprint density at radius 3 is 2.53 bits per heavy atom. The van der Waals surface area contributed by atoms with E-state index in [0.717, 1.165) is 0 Å². The molecule has 1 aromatic heterocycles. The number of hydrogen-bond acceptors (Lipinski definition) is 2. The molecule has 0 spiro atoms. The molecule has 0 amide bonds. The first kappa shape index (κ1) is 10.5. The van der Waals surface area contributed by atoms with Gasteiger partial charge in [-0.2, -0.15) is 0 Å². The summed E-state index contributed by atoms with van der Waals surface area (Å²) in [6.07, 6.45) is 0. The number of benzene rings is 2. The van der Waals surface area contributed by atoms with Crippen LogP contribution in [-0.2, 0) is 0 Å². The van der Waals surface area contributed by atoms with E-state index in [9.17, 15) is 0 Å². The molecular weight excluding hydrogens is 226 g/mol. The second kappa shape index (κ2) is 4.32. The Morgan fingerprint density at radius 2 is 1.71 bits per heavy atom. The van der Waals surface area contributed by atoms with Crippen LogP contribution in [0.4, 0.5) is 0 Å². The molecule has 2 N–H and O–H groups in total. The van der Waals surface area contributed by atoms with Crippen LogP contribution < -0.4 is 5.73 Å². The largest absolute Gasteiger partial charge is 0.320 e. The smallest absolute Gasteiger partial charge is 0.0652 e. The zero-order chi connectivity index (χ0) is 11.7. The van der Waals surface area contributed by atoms with Crippen LogP contribution >= 0.6 is 11.3 Å². The number of fused-ring (bicyclic) bond motifs is 1. The van der Waals surface area contributed by atoms with Crippen LogP contribution in [0.5, 0.6) is 0 Å². The van der Waals surface area contributed by atoms with Crippen LogP contribution in [-0.4, -0.2) is 0 Å². The van der Waals surface area contributed by atoms with Gasteiger partial charge < -0.3 is 5.73 Å². The molecule has 1 nitrogen and oxygen atoms in total. The van der Waals surface area contributed by atoms with Crippen molar-refractivity contribution < 1.29 is 0 Å². The van der Waals surface area contributed by atoms with Crippen molar-refractivity contribution in [2.75, 3.05) is 0 Å². The summed E-state index contributed by atoms with van der Waals surface area (Å²) in [5.41, 5.74) is 7.54. The third kappa shape index (κ3) is 1.86. The summed E-state index contributed by atoms with van der Waals surface area (Å²) in [7, 11) is 0. The van der Waals surface area contributed by atoms with Crippen molar-refractivity contribution in [1.82, 2.24) is 0 Å². The van der Waals surface area contributed by atoms with Gasteiger partial charge >= 0.3 is 0 Å². The fraction of sp³-hybridized carbons (Fsp3) is 0.0667. The van der Waals surface area contributed by atoms with Crippen molar-refractivity contribution in [2.45, 2.75) is 6.04 Å². The molecule has 0 saturated carbocycles. The second-order valence-electron chi connectivity index (χ2n) is 4.06. The van der Waals surface area contributed by atoms with Crippen LogP contribution in [0.3, 0.4) is 0 Å². The van der Waals surface area contributed by atoms with E-state index in [2.05, 4.69) is 53.9 Å². The summed E-state index contributed by atoms with van der Waals surface area (Å²) in [6, 6.07) is 18.8. The molecule has 0 bridgehead atoms. The van der Waals surface area contributed by atoms with E-state index in [1.807, 2.05) is 6.07 Å². The molecule has 0 saturated heterocycles. The van der Waals surface area contributed by atoms with E-state index in [1.54, 1.807) is 11.3 Å². The van der Waals surface area contributed by atoms with Crippen LogP contribution in [0.25, 0.3) is 10.8 Å². The molecule has 2 aromatic carbocycles. The minimum atomic E-state index is -0.0268. The van der Waals surface area contributed by atoms with Gasteiger partial charge in [0.2, 0.25) is 0 Å². The zero-order valence-electron chi connectivity index (χ0n) is 9.34. The van der Waals surface area contributed by atoms with Crippen molar-refractivity contribution in [1.29, 1.82) is 0 Å². The summed E-state index contributed by atoms with van der Waals surface area (Å²) in [4.78, 5) is 1.21. The van der Waals surface area contributed by atoms with Gasteiger partial charge in [-0.1, -0.05) is 48.5 Å². The lowest BCUT2D eigenvalue weighted by Gasteiger charge is -2.13. The lowest BCUT2D eigenvalue weighted by Crippen LogP contribution is -2.10. The first-order chi connectivity index (χ1) is 8.36. The number of nitrogens with two attached hydrogens (primary N) is 1. The van der Waals surface area contributed by atoms with Crippen molar-refractivity contribution in [3.05, 3.63) is 70.4 Å². The summed E-state index contributed by atoms with van der Waals surface area (Å²) < 4.78 is 0. The first-order valence-electron chi connectivity index (χ1n) is 5.63. The van der Waals surface area contributed by atoms with Gasteiger partial charge in [-0.05, 0) is 27.8 Å². The van der Waals surface area contributed by atoms with Gasteiger partial charge in [-0.25, -0.2) is 0 Å². The Labute approximate surface area is 105 Å². The predicted octanol–water partition coefficient (Wildman–Crippen LogP) is 3.95. The molecule has 1 heterocycles. The standard InChI is InChI=1S/C15H13NS/c16-15(14-9-4-10-17-14)13-8-3-6-11-5-1-2-7-12(11)13/h1-10,15H,16H2. The van der Waals surface area contributed by atoms with Crippen molar-refractivity contribution in [3.8, 4) is 0 Å². The molecule has 2 heteroatoms. The number of hydrogen-bond donors (Lipinski definition) is 1. The minimum Gasteiger partial charge on any atom is -0.320 e. The average Bonchev–Trinajstić information content (AvgIpc) is 2.91. The van der Waals surface area contributed by atoms with E-state index in [1.165, 1.54) is 21.2 Å². The topological polar surface area (TPSA) is 26.0 Å². The van der Waals surface area contributed by atoms with E-state index in [0.29, 0.717) is 0 Å². The maximum atomic E-state index is 6.34. The molecule has 1 atom stereocenters. The van der Waals surface area contributed by atoms with Crippen LogP contribution in [0.1, 0.15) is 16.5 Å². The Balaban J connectivity index is 2.17. The van der Waals surface area contributed by atoms with Gasteiger partial charge in [0.1, 0.15) is 0 Å². The van der Waals surface area contributed by atoms with Crippen LogP contribution in [0, 0.1) is 0 Å². The van der Waals surface area contributed by atoms with Gasteiger partial charge in [-0.3, -0.25) is 0 Å². The molecule has 0 aliphatic heterocycles. The maximum absolute atomic E-state index is 6.34. The Morgan fingerprint density at radius 1 is 0.882 bits per heavy atom. The average molecular weight is 239 g/mol. The SMILES string of the molecule is NC(c1cccs1)c1cccc2ccccc12. The normalized spacial score (nSPS) is 12.8. The molecule has 1 unspecified atom stereocenters. The molecule has 0 aliphatic rings. The summed E-state index contributed by atoms with van der Waals surface area (Å²) in [6.45, 7) is 0. The molecular formula is C15H13NS.